The number of rotatable bonds is 8. The second-order valence-corrected chi connectivity index (χ2v) is 9.37. The van der Waals surface area contributed by atoms with Gasteiger partial charge in [-0.2, -0.15) is 5.10 Å². The number of aryl methyl sites for hydroxylation is 1. The van der Waals surface area contributed by atoms with Crippen LogP contribution in [0, 0.1) is 5.92 Å². The topological polar surface area (TPSA) is 85.4 Å². The zero-order valence-electron chi connectivity index (χ0n) is 20.4. The SMILES string of the molecule is CN1CC(COc2ccn3c(-c4cc(NCc5ccc(-c6cnn(C)c6)cc5)ncn4)cnc3c2)C1. The van der Waals surface area contributed by atoms with Gasteiger partial charge in [0.25, 0.3) is 0 Å². The molecule has 0 radical (unpaired) electrons. The number of fused-ring (bicyclic) bond motifs is 1. The molecule has 6 rings (SSSR count). The van der Waals surface area contributed by atoms with Crippen molar-refractivity contribution in [2.24, 2.45) is 13.0 Å². The number of likely N-dealkylation sites (tertiary alicyclic amines) is 1. The smallest absolute Gasteiger partial charge is 0.140 e. The molecule has 0 amide bonds. The van der Waals surface area contributed by atoms with E-state index in [1.165, 1.54) is 5.56 Å². The highest BCUT2D eigenvalue weighted by Crippen LogP contribution is 2.24. The standard InChI is InChI=1S/C27H28N8O/c1-33-14-20(15-33)17-36-23-7-8-35-25(13-29-27(35)9-23)24-10-26(31-18-30-24)28-11-19-3-5-21(6-4-19)22-12-32-34(2)16-22/h3-10,12-13,16,18,20H,11,14-15,17H2,1-2H3,(H,28,30,31). The third-order valence-corrected chi connectivity index (χ3v) is 6.51. The molecular weight excluding hydrogens is 452 g/mol. The highest BCUT2D eigenvalue weighted by Gasteiger charge is 2.23. The number of nitrogens with zero attached hydrogens (tertiary/aromatic N) is 7. The van der Waals surface area contributed by atoms with E-state index in [1.807, 2.05) is 59.1 Å². The molecule has 5 aromatic rings. The van der Waals surface area contributed by atoms with Crippen LogP contribution in [0.3, 0.4) is 0 Å². The number of benzene rings is 1. The lowest BCUT2D eigenvalue weighted by Gasteiger charge is -2.35. The van der Waals surface area contributed by atoms with E-state index in [0.717, 1.165) is 59.4 Å². The van der Waals surface area contributed by atoms with Gasteiger partial charge in [0.05, 0.1) is 30.4 Å². The minimum atomic E-state index is 0.604. The first-order valence-electron chi connectivity index (χ1n) is 12.0. The van der Waals surface area contributed by atoms with Gasteiger partial charge in [-0.05, 0) is 24.2 Å². The van der Waals surface area contributed by atoms with Crippen LogP contribution >= 0.6 is 0 Å². The van der Waals surface area contributed by atoms with Gasteiger partial charge in [-0.25, -0.2) is 15.0 Å². The molecule has 36 heavy (non-hydrogen) atoms. The summed E-state index contributed by atoms with van der Waals surface area (Å²) in [6.45, 7) is 3.59. The predicted octanol–water partition coefficient (Wildman–Crippen LogP) is 3.74. The second-order valence-electron chi connectivity index (χ2n) is 9.37. The van der Waals surface area contributed by atoms with Crippen molar-refractivity contribution in [2.45, 2.75) is 6.54 Å². The van der Waals surface area contributed by atoms with Gasteiger partial charge < -0.3 is 15.0 Å². The molecule has 0 saturated carbocycles. The minimum absolute atomic E-state index is 0.604. The molecule has 182 valence electrons. The van der Waals surface area contributed by atoms with Crippen molar-refractivity contribution in [1.82, 2.24) is 34.0 Å². The van der Waals surface area contributed by atoms with Crippen LogP contribution in [-0.2, 0) is 13.6 Å². The number of imidazole rings is 1. The molecule has 0 atom stereocenters. The monoisotopic (exact) mass is 480 g/mol. The molecule has 0 aliphatic carbocycles. The van der Waals surface area contributed by atoms with E-state index in [-0.39, 0.29) is 0 Å². The van der Waals surface area contributed by atoms with Crippen molar-refractivity contribution in [3.8, 4) is 28.3 Å². The van der Waals surface area contributed by atoms with E-state index in [4.69, 9.17) is 4.74 Å². The average Bonchev–Trinajstić information content (AvgIpc) is 3.51. The molecule has 1 aliphatic heterocycles. The molecule has 0 unspecified atom stereocenters. The van der Waals surface area contributed by atoms with Crippen molar-refractivity contribution in [3.05, 3.63) is 79.1 Å². The predicted molar refractivity (Wildman–Crippen MR) is 139 cm³/mol. The summed E-state index contributed by atoms with van der Waals surface area (Å²) in [5.74, 6) is 2.21. The van der Waals surface area contributed by atoms with Gasteiger partial charge in [0.1, 0.15) is 23.5 Å². The molecule has 5 heterocycles. The Morgan fingerprint density at radius 1 is 0.972 bits per heavy atom. The largest absolute Gasteiger partial charge is 0.493 e. The fourth-order valence-corrected chi connectivity index (χ4v) is 4.56. The minimum Gasteiger partial charge on any atom is -0.493 e. The Morgan fingerprint density at radius 3 is 2.61 bits per heavy atom. The number of pyridine rings is 1. The third kappa shape index (κ3) is 4.65. The Labute approximate surface area is 209 Å². The maximum absolute atomic E-state index is 5.99. The van der Waals surface area contributed by atoms with Crippen LogP contribution in [0.4, 0.5) is 5.82 Å². The Bertz CT molecular complexity index is 1480. The lowest BCUT2D eigenvalue weighted by molar-refractivity contribution is 0.0858. The Kier molecular flexibility index (Phi) is 5.82. The van der Waals surface area contributed by atoms with E-state index in [1.54, 1.807) is 6.33 Å². The number of anilines is 1. The van der Waals surface area contributed by atoms with Crippen LogP contribution in [0.15, 0.2) is 73.6 Å². The van der Waals surface area contributed by atoms with Gasteiger partial charge in [0.2, 0.25) is 0 Å². The van der Waals surface area contributed by atoms with Crippen LogP contribution < -0.4 is 10.1 Å². The zero-order chi connectivity index (χ0) is 24.5. The van der Waals surface area contributed by atoms with Crippen LogP contribution in [0.25, 0.3) is 28.2 Å². The molecule has 1 aliphatic rings. The highest BCUT2D eigenvalue weighted by atomic mass is 16.5. The first-order valence-corrected chi connectivity index (χ1v) is 12.0. The Morgan fingerprint density at radius 2 is 1.83 bits per heavy atom. The summed E-state index contributed by atoms with van der Waals surface area (Å²) in [7, 11) is 4.05. The van der Waals surface area contributed by atoms with Crippen LogP contribution in [0.2, 0.25) is 0 Å². The molecule has 9 heteroatoms. The van der Waals surface area contributed by atoms with Crippen molar-refractivity contribution in [2.75, 3.05) is 32.1 Å². The number of hydrogen-bond acceptors (Lipinski definition) is 7. The summed E-state index contributed by atoms with van der Waals surface area (Å²) in [4.78, 5) is 15.8. The van der Waals surface area contributed by atoms with Crippen molar-refractivity contribution >= 4 is 11.5 Å². The first kappa shape index (κ1) is 22.2. The molecule has 1 saturated heterocycles. The second kappa shape index (κ2) is 9.43. The first-order chi connectivity index (χ1) is 17.6. The summed E-state index contributed by atoms with van der Waals surface area (Å²) in [6, 6.07) is 14.4. The fraction of sp³-hybridized carbons (Fsp3) is 0.259. The number of aromatic nitrogens is 6. The molecule has 9 nitrogen and oxygen atoms in total. The maximum atomic E-state index is 5.99. The average molecular weight is 481 g/mol. The summed E-state index contributed by atoms with van der Waals surface area (Å²) in [5.41, 5.74) is 5.96. The molecule has 1 fully saturated rings. The van der Waals surface area contributed by atoms with Gasteiger partial charge in [-0.15, -0.1) is 0 Å². The van der Waals surface area contributed by atoms with Crippen LogP contribution in [0.1, 0.15) is 5.56 Å². The number of nitrogens with one attached hydrogen (secondary N) is 1. The van der Waals surface area contributed by atoms with Gasteiger partial charge in [0, 0.05) is 62.7 Å². The molecule has 0 spiro atoms. The van der Waals surface area contributed by atoms with Crippen LogP contribution in [0.5, 0.6) is 5.75 Å². The third-order valence-electron chi connectivity index (χ3n) is 6.51. The summed E-state index contributed by atoms with van der Waals surface area (Å²) in [6.07, 6.45) is 9.29. The number of ether oxygens (including phenoxy) is 1. The normalized spacial score (nSPS) is 14.2. The summed E-state index contributed by atoms with van der Waals surface area (Å²) in [5, 5.41) is 7.65. The summed E-state index contributed by atoms with van der Waals surface area (Å²) < 4.78 is 9.82. The van der Waals surface area contributed by atoms with Crippen molar-refractivity contribution in [1.29, 1.82) is 0 Å². The molecular formula is C27H28N8O. The fourth-order valence-electron chi connectivity index (χ4n) is 4.56. The van der Waals surface area contributed by atoms with Crippen molar-refractivity contribution in [3.63, 3.8) is 0 Å². The van der Waals surface area contributed by atoms with E-state index in [2.05, 4.69) is 61.6 Å². The number of hydrogen-bond donors (Lipinski definition) is 1. The van der Waals surface area contributed by atoms with Gasteiger partial charge in [0.15, 0.2) is 0 Å². The lowest BCUT2D eigenvalue weighted by atomic mass is 10.0. The molecule has 1 N–H and O–H groups in total. The van der Waals surface area contributed by atoms with E-state index >= 15 is 0 Å². The summed E-state index contributed by atoms with van der Waals surface area (Å²) >= 11 is 0. The highest BCUT2D eigenvalue weighted by molar-refractivity contribution is 5.64. The van der Waals surface area contributed by atoms with E-state index < -0.39 is 0 Å². The van der Waals surface area contributed by atoms with E-state index in [0.29, 0.717) is 12.5 Å². The van der Waals surface area contributed by atoms with Crippen LogP contribution in [-0.4, -0.2) is 60.8 Å². The van der Waals surface area contributed by atoms with Crippen molar-refractivity contribution < 1.29 is 4.74 Å². The Balaban J connectivity index is 1.12. The molecule has 0 bridgehead atoms. The van der Waals surface area contributed by atoms with Gasteiger partial charge in [-0.1, -0.05) is 24.3 Å². The molecule has 4 aromatic heterocycles. The van der Waals surface area contributed by atoms with Gasteiger partial charge in [-0.3, -0.25) is 9.08 Å². The maximum Gasteiger partial charge on any atom is 0.140 e. The lowest BCUT2D eigenvalue weighted by Crippen LogP contribution is -2.46. The zero-order valence-corrected chi connectivity index (χ0v) is 20.4. The quantitative estimate of drug-likeness (QED) is 0.362. The molecule has 1 aromatic carbocycles. The Hall–Kier alpha value is -4.24. The van der Waals surface area contributed by atoms with Gasteiger partial charge >= 0.3 is 0 Å². The van der Waals surface area contributed by atoms with E-state index in [9.17, 15) is 0 Å².